The number of ether oxygens (including phenoxy) is 1. The second kappa shape index (κ2) is 8.55. The molecule has 0 atom stereocenters. The SMILES string of the molecule is CC(=O)NCCOc1cc(N2CCS(=O)(=O)c3ccccc3C2)nc2ccc(C)cc12. The molecule has 162 valence electrons. The Morgan fingerprint density at radius 2 is 2.00 bits per heavy atom. The number of carbonyl (C=O) groups excluding carboxylic acids is 1. The molecule has 2 aromatic carbocycles. The summed E-state index contributed by atoms with van der Waals surface area (Å²) in [5.41, 5.74) is 2.63. The summed E-state index contributed by atoms with van der Waals surface area (Å²) in [6.45, 7) is 4.98. The number of anilines is 1. The molecule has 0 bridgehead atoms. The largest absolute Gasteiger partial charge is 0.491 e. The van der Waals surface area contributed by atoms with Gasteiger partial charge < -0.3 is 15.0 Å². The molecule has 0 fully saturated rings. The lowest BCUT2D eigenvalue weighted by atomic mass is 10.1. The number of pyridine rings is 1. The van der Waals surface area contributed by atoms with E-state index in [0.717, 1.165) is 22.0 Å². The standard InChI is InChI=1S/C23H25N3O4S/c1-16-7-8-20-19(13-16)21(30-11-9-24-17(2)27)14-23(25-20)26-10-12-31(28,29)22-6-4-3-5-18(22)15-26/h3-8,13-14H,9-12,15H2,1-2H3,(H,24,27). The highest BCUT2D eigenvalue weighted by molar-refractivity contribution is 7.91. The Balaban J connectivity index is 1.70. The summed E-state index contributed by atoms with van der Waals surface area (Å²) in [4.78, 5) is 18.3. The highest BCUT2D eigenvalue weighted by Crippen LogP contribution is 2.32. The molecule has 0 radical (unpaired) electrons. The zero-order valence-electron chi connectivity index (χ0n) is 17.6. The van der Waals surface area contributed by atoms with Crippen LogP contribution in [0.15, 0.2) is 53.4 Å². The molecule has 0 unspecified atom stereocenters. The van der Waals surface area contributed by atoms with E-state index < -0.39 is 9.84 Å². The Morgan fingerprint density at radius 1 is 1.19 bits per heavy atom. The lowest BCUT2D eigenvalue weighted by Crippen LogP contribution is -2.27. The van der Waals surface area contributed by atoms with Gasteiger partial charge in [-0.25, -0.2) is 13.4 Å². The fourth-order valence-corrected chi connectivity index (χ4v) is 5.22. The third-order valence-electron chi connectivity index (χ3n) is 5.27. The van der Waals surface area contributed by atoms with Crippen molar-refractivity contribution >= 4 is 32.5 Å². The topological polar surface area (TPSA) is 88.6 Å². The van der Waals surface area contributed by atoms with E-state index in [4.69, 9.17) is 9.72 Å². The molecule has 8 heteroatoms. The number of rotatable bonds is 5. The number of hydrogen-bond acceptors (Lipinski definition) is 6. The van der Waals surface area contributed by atoms with E-state index in [1.54, 1.807) is 12.1 Å². The first-order valence-electron chi connectivity index (χ1n) is 10.2. The summed E-state index contributed by atoms with van der Waals surface area (Å²) < 4.78 is 31.4. The number of aromatic nitrogens is 1. The first-order valence-corrected chi connectivity index (χ1v) is 11.8. The van der Waals surface area contributed by atoms with Crippen LogP contribution in [-0.2, 0) is 21.2 Å². The van der Waals surface area contributed by atoms with E-state index in [9.17, 15) is 13.2 Å². The Kier molecular flexibility index (Phi) is 5.82. The number of benzene rings is 2. The average Bonchev–Trinajstić information content (AvgIpc) is 2.87. The van der Waals surface area contributed by atoms with Crippen LogP contribution >= 0.6 is 0 Å². The number of amides is 1. The van der Waals surface area contributed by atoms with Gasteiger partial charge in [0.1, 0.15) is 18.2 Å². The van der Waals surface area contributed by atoms with Gasteiger partial charge in [-0.15, -0.1) is 0 Å². The summed E-state index contributed by atoms with van der Waals surface area (Å²) in [5.74, 6) is 1.24. The predicted octanol–water partition coefficient (Wildman–Crippen LogP) is 2.85. The summed E-state index contributed by atoms with van der Waals surface area (Å²) >= 11 is 0. The van der Waals surface area contributed by atoms with Crippen LogP contribution in [-0.4, -0.2) is 44.8 Å². The van der Waals surface area contributed by atoms with Gasteiger partial charge in [0.05, 0.1) is 22.7 Å². The molecular formula is C23H25N3O4S. The maximum atomic E-state index is 12.7. The summed E-state index contributed by atoms with van der Waals surface area (Å²) in [5, 5.41) is 3.61. The highest BCUT2D eigenvalue weighted by Gasteiger charge is 2.26. The Bertz CT molecular complexity index is 1240. The zero-order chi connectivity index (χ0) is 22.0. The minimum Gasteiger partial charge on any atom is -0.491 e. The van der Waals surface area contributed by atoms with Crippen LogP contribution < -0.4 is 15.0 Å². The highest BCUT2D eigenvalue weighted by atomic mass is 32.2. The Hall–Kier alpha value is -3.13. The van der Waals surface area contributed by atoms with Gasteiger partial charge in [-0.3, -0.25) is 4.79 Å². The molecule has 4 rings (SSSR count). The molecular weight excluding hydrogens is 414 g/mol. The molecule has 1 aromatic heterocycles. The van der Waals surface area contributed by atoms with E-state index in [0.29, 0.717) is 42.7 Å². The van der Waals surface area contributed by atoms with Gasteiger partial charge in [0.15, 0.2) is 9.84 Å². The van der Waals surface area contributed by atoms with Gasteiger partial charge in [0.2, 0.25) is 5.91 Å². The zero-order valence-corrected chi connectivity index (χ0v) is 18.4. The van der Waals surface area contributed by atoms with Crippen molar-refractivity contribution in [3.8, 4) is 5.75 Å². The first-order chi connectivity index (χ1) is 14.8. The number of nitrogens with zero attached hydrogens (tertiary/aromatic N) is 2. The lowest BCUT2D eigenvalue weighted by molar-refractivity contribution is -0.119. The van der Waals surface area contributed by atoms with Crippen LogP contribution in [0.5, 0.6) is 5.75 Å². The van der Waals surface area contributed by atoms with Gasteiger partial charge in [-0.05, 0) is 30.7 Å². The Morgan fingerprint density at radius 3 is 2.81 bits per heavy atom. The molecule has 0 saturated heterocycles. The molecule has 1 aliphatic heterocycles. The quantitative estimate of drug-likeness (QED) is 0.615. The predicted molar refractivity (Wildman–Crippen MR) is 120 cm³/mol. The Labute approximate surface area is 182 Å². The van der Waals surface area contributed by atoms with E-state index in [2.05, 4.69) is 5.32 Å². The molecule has 1 aliphatic rings. The molecule has 2 heterocycles. The minimum atomic E-state index is -3.34. The monoisotopic (exact) mass is 439 g/mol. The van der Waals surface area contributed by atoms with E-state index in [1.807, 2.05) is 48.2 Å². The van der Waals surface area contributed by atoms with E-state index >= 15 is 0 Å². The van der Waals surface area contributed by atoms with Gasteiger partial charge >= 0.3 is 0 Å². The van der Waals surface area contributed by atoms with E-state index in [-0.39, 0.29) is 11.7 Å². The fourth-order valence-electron chi connectivity index (χ4n) is 3.72. The van der Waals surface area contributed by atoms with Crippen molar-refractivity contribution in [3.63, 3.8) is 0 Å². The fraction of sp³-hybridized carbons (Fsp3) is 0.304. The normalized spacial score (nSPS) is 15.2. The maximum Gasteiger partial charge on any atom is 0.216 e. The van der Waals surface area contributed by atoms with E-state index in [1.165, 1.54) is 6.92 Å². The summed E-state index contributed by atoms with van der Waals surface area (Å²) in [6.07, 6.45) is 0. The molecule has 1 amide bonds. The van der Waals surface area contributed by atoms with Gasteiger partial charge in [0, 0.05) is 31.5 Å². The summed E-state index contributed by atoms with van der Waals surface area (Å²) in [7, 11) is -3.34. The number of nitrogens with one attached hydrogen (secondary N) is 1. The number of fused-ring (bicyclic) bond motifs is 2. The van der Waals surface area contributed by atoms with Crippen LogP contribution in [0.1, 0.15) is 18.1 Å². The second-order valence-corrected chi connectivity index (χ2v) is 9.76. The van der Waals surface area contributed by atoms with Crippen LogP contribution in [0.3, 0.4) is 0 Å². The van der Waals surface area contributed by atoms with Gasteiger partial charge in [0.25, 0.3) is 0 Å². The molecule has 0 spiro atoms. The van der Waals surface area contributed by atoms with Gasteiger partial charge in [-0.1, -0.05) is 29.8 Å². The van der Waals surface area contributed by atoms with Crippen LogP contribution in [0.4, 0.5) is 5.82 Å². The number of sulfone groups is 1. The summed E-state index contributed by atoms with van der Waals surface area (Å²) in [6, 6.07) is 14.9. The maximum absolute atomic E-state index is 12.7. The number of hydrogen-bond donors (Lipinski definition) is 1. The van der Waals surface area contributed by atoms with Crippen molar-refractivity contribution in [2.24, 2.45) is 0 Å². The first kappa shape index (κ1) is 21.1. The third kappa shape index (κ3) is 4.64. The molecule has 0 aliphatic carbocycles. The molecule has 3 aromatic rings. The van der Waals surface area contributed by atoms with Gasteiger partial charge in [-0.2, -0.15) is 0 Å². The van der Waals surface area contributed by atoms with Crippen molar-refractivity contribution < 1.29 is 17.9 Å². The third-order valence-corrected chi connectivity index (χ3v) is 7.06. The number of aryl methyl sites for hydroxylation is 1. The van der Waals surface area contributed by atoms with Crippen LogP contribution in [0, 0.1) is 6.92 Å². The van der Waals surface area contributed by atoms with Crippen LogP contribution in [0.2, 0.25) is 0 Å². The van der Waals surface area contributed by atoms with Crippen molar-refractivity contribution in [2.75, 3.05) is 30.3 Å². The van der Waals surface area contributed by atoms with Crippen molar-refractivity contribution in [2.45, 2.75) is 25.3 Å². The molecule has 7 nitrogen and oxygen atoms in total. The lowest BCUT2D eigenvalue weighted by Gasteiger charge is -2.23. The molecule has 31 heavy (non-hydrogen) atoms. The molecule has 0 saturated carbocycles. The van der Waals surface area contributed by atoms with Crippen LogP contribution in [0.25, 0.3) is 10.9 Å². The van der Waals surface area contributed by atoms with Crippen molar-refractivity contribution in [3.05, 3.63) is 59.7 Å². The number of carbonyl (C=O) groups is 1. The molecule has 1 N–H and O–H groups in total. The smallest absolute Gasteiger partial charge is 0.216 e. The van der Waals surface area contributed by atoms with Crippen molar-refractivity contribution in [1.82, 2.24) is 10.3 Å². The van der Waals surface area contributed by atoms with Crippen molar-refractivity contribution in [1.29, 1.82) is 0 Å². The average molecular weight is 440 g/mol. The second-order valence-electron chi connectivity index (χ2n) is 7.68. The minimum absolute atomic E-state index is 0.0242.